The van der Waals surface area contributed by atoms with Gasteiger partial charge in [-0.15, -0.1) is 178 Å². The number of hydrogen-bond donors (Lipinski definition) is 0. The monoisotopic (exact) mass is 2110 g/mol. The van der Waals surface area contributed by atoms with Gasteiger partial charge in [-0.05, 0) is 115 Å². The fourth-order valence-electron chi connectivity index (χ4n) is 9.21. The first-order chi connectivity index (χ1) is 48.4. The number of benzene rings is 7. The molecule has 0 spiro atoms. The molecular formula is C86H66Ir4N6O4S3-6. The van der Waals surface area contributed by atoms with E-state index in [4.69, 9.17) is 4.98 Å². The smallest absolute Gasteiger partial charge is 0.137 e. The number of hydrogen-bond acceptors (Lipinski definition) is 13. The molecule has 4 radical (unpaired) electrons. The van der Waals surface area contributed by atoms with Crippen LogP contribution >= 0.6 is 34.0 Å². The van der Waals surface area contributed by atoms with Crippen molar-refractivity contribution in [1.29, 1.82) is 0 Å². The van der Waals surface area contributed by atoms with Gasteiger partial charge in [0, 0.05) is 128 Å². The zero-order valence-electron chi connectivity index (χ0n) is 56.2. The molecule has 103 heavy (non-hydrogen) atoms. The van der Waals surface area contributed by atoms with Gasteiger partial charge in [0.15, 0.2) is 0 Å². The Hall–Kier alpha value is -9.14. The van der Waals surface area contributed by atoms with Gasteiger partial charge in [-0.3, -0.25) is 24.2 Å². The van der Waals surface area contributed by atoms with Crippen LogP contribution in [0, 0.1) is 36.4 Å². The molecule has 0 aliphatic carbocycles. The first-order valence-corrected chi connectivity index (χ1v) is 33.9. The number of rotatable bonds is 10. The van der Waals surface area contributed by atoms with Crippen molar-refractivity contribution in [2.24, 2.45) is 0 Å². The number of pyridine rings is 6. The van der Waals surface area contributed by atoms with Crippen molar-refractivity contribution in [3.8, 4) is 65.5 Å². The normalized spacial score (nSPS) is 9.67. The minimum Gasteiger partial charge on any atom is -0.305 e. The summed E-state index contributed by atoms with van der Waals surface area (Å²) in [7, 11) is 0. The molecule has 524 valence electrons. The third-order valence-corrected chi connectivity index (χ3v) is 16.9. The van der Waals surface area contributed by atoms with Gasteiger partial charge < -0.3 is 24.9 Å². The Morgan fingerprint density at radius 1 is 0.291 bits per heavy atom. The van der Waals surface area contributed by atoms with Crippen molar-refractivity contribution in [3.05, 3.63) is 340 Å². The van der Waals surface area contributed by atoms with E-state index in [9.17, 15) is 19.2 Å². The minimum absolute atomic E-state index is 0. The third kappa shape index (κ3) is 28.5. The molecule has 10 nitrogen and oxygen atoms in total. The summed E-state index contributed by atoms with van der Waals surface area (Å²) in [6.45, 7) is 5.62. The second kappa shape index (κ2) is 46.5. The molecule has 17 heteroatoms. The molecule has 0 bridgehead atoms. The van der Waals surface area contributed by atoms with Crippen LogP contribution in [0.1, 0.15) is 40.5 Å². The maximum Gasteiger partial charge on any atom is 0.137 e. The van der Waals surface area contributed by atoms with Gasteiger partial charge >= 0.3 is 0 Å². The Kier molecular flexibility index (Phi) is 38.1. The van der Waals surface area contributed by atoms with Crippen LogP contribution in [-0.4, -0.2) is 53.0 Å². The van der Waals surface area contributed by atoms with Gasteiger partial charge in [-0.1, -0.05) is 127 Å². The van der Waals surface area contributed by atoms with Crippen LogP contribution < -0.4 is 0 Å². The molecule has 0 aliphatic heterocycles. The van der Waals surface area contributed by atoms with Crippen LogP contribution in [-0.2, 0) is 99.6 Å². The summed E-state index contributed by atoms with van der Waals surface area (Å²) in [6, 6.07) is 110. The fourth-order valence-corrected chi connectivity index (χ4v) is 12.1. The number of para-hydroxylation sites is 1. The van der Waals surface area contributed by atoms with E-state index < -0.39 is 0 Å². The van der Waals surface area contributed by atoms with Crippen LogP contribution in [0.5, 0.6) is 0 Å². The molecule has 7 aromatic carbocycles. The summed E-state index contributed by atoms with van der Waals surface area (Å²) >= 11 is 5.21. The quantitative estimate of drug-likeness (QED) is 0.0958. The largest absolute Gasteiger partial charge is 0.305 e. The summed E-state index contributed by atoms with van der Waals surface area (Å²) < 4.78 is 3.78. The van der Waals surface area contributed by atoms with Crippen molar-refractivity contribution >= 4 is 98.3 Å². The van der Waals surface area contributed by atoms with Crippen molar-refractivity contribution in [2.75, 3.05) is 0 Å². The number of nitrogens with zero attached hydrogens (tertiary/aromatic N) is 6. The predicted octanol–water partition coefficient (Wildman–Crippen LogP) is 21.2. The predicted molar refractivity (Wildman–Crippen MR) is 407 cm³/mol. The zero-order chi connectivity index (χ0) is 69.2. The summed E-state index contributed by atoms with van der Waals surface area (Å²) in [4.78, 5) is 69.5. The maximum absolute atomic E-state index is 10.0. The van der Waals surface area contributed by atoms with Crippen LogP contribution in [0.25, 0.3) is 107 Å². The van der Waals surface area contributed by atoms with E-state index in [0.29, 0.717) is 0 Å². The second-order valence-corrected chi connectivity index (χ2v) is 24.8. The van der Waals surface area contributed by atoms with Gasteiger partial charge in [0.1, 0.15) is 23.1 Å². The van der Waals surface area contributed by atoms with Gasteiger partial charge in [-0.25, -0.2) is 34.0 Å². The molecule has 9 heterocycles. The van der Waals surface area contributed by atoms with E-state index in [1.165, 1.54) is 58.0 Å². The van der Waals surface area contributed by atoms with Crippen molar-refractivity contribution in [1.82, 2.24) is 29.9 Å². The van der Waals surface area contributed by atoms with Gasteiger partial charge in [0.05, 0.1) is 18.4 Å². The summed E-state index contributed by atoms with van der Waals surface area (Å²) in [6.07, 6.45) is 9.16. The molecule has 0 saturated carbocycles. The second-order valence-electron chi connectivity index (χ2n) is 21.6. The van der Waals surface area contributed by atoms with Crippen LogP contribution in [0.2, 0.25) is 0 Å². The van der Waals surface area contributed by atoms with E-state index >= 15 is 0 Å². The number of carbonyl (C=O) groups is 4. The number of aromatic nitrogens is 6. The number of carbonyl (C=O) groups excluding carboxylic acids is 4. The molecule has 0 unspecified atom stereocenters. The SMILES string of the molecule is CC(=O)CC(C)=O.CC(=O)CC(C)=O.[Ir].[Ir].[Ir].[Ir].[c-]1c(-c2ccc3ccccc3n2)sc2ccccc12.[c-]1c(-c2ccccn2)sc2ccccc12.[c-]1c(-c2ccccn2)sc2ccccc12.[c-]1ccccc1-c1ccccn1.[c-]1ccccc1-c1ccccn1.[c-]1ccccc1-c1ccccn1. The van der Waals surface area contributed by atoms with Crippen LogP contribution in [0.4, 0.5) is 0 Å². The van der Waals surface area contributed by atoms with E-state index in [1.807, 2.05) is 213 Å². The standard InChI is InChI=1S/C17H10NS.2C13H8NS.3C11H8N.2C5H8O2.4Ir/c1-3-7-14-12(5-1)9-10-15(18-14)17-11-13-6-2-4-8-16(13)19-17;2*1-2-7-12-10(5-1)9-13(15-12)11-6-3-4-8-14-11;3*1-2-6-10(7-3-1)11-8-4-5-9-12-11;2*1-4(6)3-5(2)7;;;;/h1-10H;2*1-8H;3*1-6,8-9H;2*3H2,1-2H3;;;;/q6*-1;;;;;;. The van der Waals surface area contributed by atoms with Crippen molar-refractivity contribution in [3.63, 3.8) is 0 Å². The number of thiophene rings is 3. The molecule has 16 aromatic rings. The van der Waals surface area contributed by atoms with Crippen molar-refractivity contribution < 1.29 is 99.6 Å². The molecule has 0 N–H and O–H groups in total. The number of fused-ring (bicyclic) bond motifs is 4. The molecular weight excluding hydrogens is 2050 g/mol. The summed E-state index contributed by atoms with van der Waals surface area (Å²) in [5.74, 6) is -0.250. The Bertz CT molecular complexity index is 4560. The zero-order valence-corrected chi connectivity index (χ0v) is 68.2. The van der Waals surface area contributed by atoms with Gasteiger partial charge in [-0.2, -0.15) is 0 Å². The van der Waals surface area contributed by atoms with E-state index in [-0.39, 0.29) is 116 Å². The van der Waals surface area contributed by atoms with E-state index in [1.54, 1.807) is 52.6 Å². The average molecular weight is 2110 g/mol. The molecule has 0 amide bonds. The summed E-state index contributed by atoms with van der Waals surface area (Å²) in [5, 5.41) is 4.68. The number of ketones is 4. The van der Waals surface area contributed by atoms with Crippen LogP contribution in [0.15, 0.2) is 304 Å². The Balaban J connectivity index is 0.000000214. The Labute approximate surface area is 667 Å². The molecule has 0 fully saturated rings. The molecule has 0 saturated heterocycles. The molecule has 9 aromatic heterocycles. The molecule has 0 aliphatic rings. The van der Waals surface area contributed by atoms with E-state index in [2.05, 4.69) is 134 Å². The molecule has 0 atom stereocenters. The number of Topliss-reactive ketones (excluding diaryl/α,β-unsaturated/α-hetero) is 4. The van der Waals surface area contributed by atoms with Gasteiger partial charge in [0.25, 0.3) is 0 Å². The average Bonchev–Trinajstić information content (AvgIpc) is 1.73. The fraction of sp³-hybridized carbons (Fsp3) is 0.0698. The first kappa shape index (κ1) is 84.5. The van der Waals surface area contributed by atoms with Crippen LogP contribution in [0.3, 0.4) is 0 Å². The Morgan fingerprint density at radius 3 is 0.854 bits per heavy atom. The Morgan fingerprint density at radius 2 is 0.573 bits per heavy atom. The van der Waals surface area contributed by atoms with Gasteiger partial charge in [0.2, 0.25) is 0 Å². The summed E-state index contributed by atoms with van der Waals surface area (Å²) in [5.41, 5.74) is 10.1. The van der Waals surface area contributed by atoms with Crippen molar-refractivity contribution in [2.45, 2.75) is 40.5 Å². The topological polar surface area (TPSA) is 146 Å². The maximum atomic E-state index is 10.0. The van der Waals surface area contributed by atoms with E-state index in [0.717, 1.165) is 76.4 Å². The minimum atomic E-state index is -0.0625. The first-order valence-electron chi connectivity index (χ1n) is 31.5. The third-order valence-electron chi connectivity index (χ3n) is 13.6. The molecule has 16 rings (SSSR count).